The molecule has 1 atom stereocenters. The van der Waals surface area contributed by atoms with E-state index < -0.39 is 0 Å². The van der Waals surface area contributed by atoms with Crippen molar-refractivity contribution in [3.05, 3.63) is 45.8 Å². The molecule has 0 saturated heterocycles. The monoisotopic (exact) mass is 310 g/mol. The quantitative estimate of drug-likeness (QED) is 0.940. The molecule has 1 aromatic heterocycles. The number of halogens is 1. The van der Waals surface area contributed by atoms with Crippen LogP contribution in [-0.4, -0.2) is 5.16 Å². The van der Waals surface area contributed by atoms with Gasteiger partial charge in [-0.1, -0.05) is 21.1 Å². The molecule has 0 aliphatic heterocycles. The molecule has 0 bridgehead atoms. The van der Waals surface area contributed by atoms with Gasteiger partial charge in [-0.05, 0) is 32.0 Å². The number of nitrogens with two attached hydrogens (primary N) is 1. The lowest BCUT2D eigenvalue weighted by Gasteiger charge is -2.13. The molecule has 5 heteroatoms. The fraction of sp³-hybridized carbons (Fsp3) is 0.308. The topological polar surface area (TPSA) is 61.3 Å². The van der Waals surface area contributed by atoms with Crippen LogP contribution in [0.15, 0.2) is 33.3 Å². The molecule has 0 fully saturated rings. The van der Waals surface area contributed by atoms with Crippen LogP contribution in [0.4, 0.5) is 0 Å². The first kappa shape index (κ1) is 13.1. The van der Waals surface area contributed by atoms with E-state index in [1.165, 1.54) is 0 Å². The molecule has 1 heterocycles. The fourth-order valence-electron chi connectivity index (χ4n) is 1.64. The van der Waals surface area contributed by atoms with E-state index in [4.69, 9.17) is 15.0 Å². The molecule has 2 rings (SSSR count). The van der Waals surface area contributed by atoms with Gasteiger partial charge < -0.3 is 15.0 Å². The summed E-state index contributed by atoms with van der Waals surface area (Å²) in [7, 11) is 0. The summed E-state index contributed by atoms with van der Waals surface area (Å²) in [6.07, 6.45) is 0. The number of benzene rings is 1. The summed E-state index contributed by atoms with van der Waals surface area (Å²) >= 11 is 3.42. The normalized spacial score (nSPS) is 12.4. The Morgan fingerprint density at radius 1 is 1.44 bits per heavy atom. The molecule has 0 aliphatic rings. The van der Waals surface area contributed by atoms with Crippen LogP contribution in [0.2, 0.25) is 0 Å². The molecule has 0 radical (unpaired) electrons. The predicted molar refractivity (Wildman–Crippen MR) is 72.3 cm³/mol. The Hall–Kier alpha value is -1.33. The van der Waals surface area contributed by atoms with Gasteiger partial charge in [0.05, 0.1) is 5.69 Å². The van der Waals surface area contributed by atoms with E-state index in [1.54, 1.807) is 0 Å². The number of nitrogens with zero attached hydrogens (tertiary/aromatic N) is 1. The molecule has 1 aromatic carbocycles. The van der Waals surface area contributed by atoms with Crippen molar-refractivity contribution in [3.8, 4) is 5.75 Å². The molecule has 0 amide bonds. The zero-order valence-corrected chi connectivity index (χ0v) is 11.9. The van der Waals surface area contributed by atoms with Crippen molar-refractivity contribution >= 4 is 15.9 Å². The highest BCUT2D eigenvalue weighted by atomic mass is 79.9. The first-order chi connectivity index (χ1) is 8.56. The van der Waals surface area contributed by atoms with Crippen LogP contribution in [0.1, 0.15) is 30.0 Å². The lowest BCUT2D eigenvalue weighted by molar-refractivity contribution is 0.246. The SMILES string of the molecule is Cc1cc(COc2ccc(Br)cc2C(C)N)on1. The fourth-order valence-corrected chi connectivity index (χ4v) is 2.02. The van der Waals surface area contributed by atoms with Crippen molar-refractivity contribution < 1.29 is 9.26 Å². The van der Waals surface area contributed by atoms with E-state index in [2.05, 4.69) is 21.1 Å². The molecule has 0 spiro atoms. The highest BCUT2D eigenvalue weighted by Gasteiger charge is 2.10. The van der Waals surface area contributed by atoms with E-state index in [0.29, 0.717) is 12.4 Å². The van der Waals surface area contributed by atoms with E-state index >= 15 is 0 Å². The Morgan fingerprint density at radius 3 is 2.83 bits per heavy atom. The highest BCUT2D eigenvalue weighted by molar-refractivity contribution is 9.10. The third-order valence-electron chi connectivity index (χ3n) is 2.51. The third kappa shape index (κ3) is 3.11. The summed E-state index contributed by atoms with van der Waals surface area (Å²) in [5.74, 6) is 1.47. The van der Waals surface area contributed by atoms with Crippen molar-refractivity contribution in [1.29, 1.82) is 0 Å². The smallest absolute Gasteiger partial charge is 0.174 e. The molecular weight excluding hydrogens is 296 g/mol. The number of hydrogen-bond acceptors (Lipinski definition) is 4. The predicted octanol–water partition coefficient (Wildman–Crippen LogP) is 3.34. The maximum Gasteiger partial charge on any atom is 0.174 e. The first-order valence-electron chi connectivity index (χ1n) is 5.66. The first-order valence-corrected chi connectivity index (χ1v) is 6.45. The Bertz CT molecular complexity index is 538. The highest BCUT2D eigenvalue weighted by Crippen LogP contribution is 2.28. The van der Waals surface area contributed by atoms with Gasteiger partial charge in [-0.15, -0.1) is 0 Å². The second-order valence-corrected chi connectivity index (χ2v) is 5.11. The lowest BCUT2D eigenvalue weighted by atomic mass is 10.1. The van der Waals surface area contributed by atoms with Gasteiger partial charge in [-0.3, -0.25) is 0 Å². The molecule has 2 aromatic rings. The number of ether oxygens (including phenoxy) is 1. The van der Waals surface area contributed by atoms with Crippen molar-refractivity contribution in [2.75, 3.05) is 0 Å². The number of aromatic nitrogens is 1. The van der Waals surface area contributed by atoms with E-state index in [-0.39, 0.29) is 6.04 Å². The van der Waals surface area contributed by atoms with Gasteiger partial charge in [0.1, 0.15) is 12.4 Å². The average molecular weight is 311 g/mol. The Labute approximate surface area is 114 Å². The van der Waals surface area contributed by atoms with E-state index in [1.807, 2.05) is 38.1 Å². The summed E-state index contributed by atoms with van der Waals surface area (Å²) in [5, 5.41) is 3.81. The summed E-state index contributed by atoms with van der Waals surface area (Å²) in [6.45, 7) is 4.15. The van der Waals surface area contributed by atoms with Gasteiger partial charge in [0, 0.05) is 22.1 Å². The minimum Gasteiger partial charge on any atom is -0.485 e. The maximum atomic E-state index is 5.92. The van der Waals surface area contributed by atoms with Crippen molar-refractivity contribution in [2.24, 2.45) is 5.73 Å². The van der Waals surface area contributed by atoms with Gasteiger partial charge in [-0.2, -0.15) is 0 Å². The Morgan fingerprint density at radius 2 is 2.22 bits per heavy atom. The Kier molecular flexibility index (Phi) is 4.04. The molecular formula is C13H15BrN2O2. The van der Waals surface area contributed by atoms with Gasteiger partial charge in [0.25, 0.3) is 0 Å². The summed E-state index contributed by atoms with van der Waals surface area (Å²) in [6, 6.07) is 7.54. The van der Waals surface area contributed by atoms with Gasteiger partial charge in [0.2, 0.25) is 0 Å². The van der Waals surface area contributed by atoms with Crippen LogP contribution in [0.25, 0.3) is 0 Å². The molecule has 4 nitrogen and oxygen atoms in total. The summed E-state index contributed by atoms with van der Waals surface area (Å²) in [4.78, 5) is 0. The minimum atomic E-state index is -0.0889. The van der Waals surface area contributed by atoms with E-state index in [0.717, 1.165) is 21.5 Å². The second kappa shape index (κ2) is 5.54. The lowest BCUT2D eigenvalue weighted by Crippen LogP contribution is -2.08. The molecule has 1 unspecified atom stereocenters. The minimum absolute atomic E-state index is 0.0889. The van der Waals surface area contributed by atoms with Crippen LogP contribution in [0.3, 0.4) is 0 Å². The van der Waals surface area contributed by atoms with Crippen molar-refractivity contribution in [1.82, 2.24) is 5.16 Å². The molecule has 0 aliphatic carbocycles. The van der Waals surface area contributed by atoms with Crippen LogP contribution < -0.4 is 10.5 Å². The molecule has 2 N–H and O–H groups in total. The third-order valence-corrected chi connectivity index (χ3v) is 3.00. The van der Waals surface area contributed by atoms with Gasteiger partial charge >= 0.3 is 0 Å². The van der Waals surface area contributed by atoms with Gasteiger partial charge in [-0.25, -0.2) is 0 Å². The molecule has 18 heavy (non-hydrogen) atoms. The molecule has 0 saturated carbocycles. The van der Waals surface area contributed by atoms with E-state index in [9.17, 15) is 0 Å². The van der Waals surface area contributed by atoms with Gasteiger partial charge in [0.15, 0.2) is 5.76 Å². The summed E-state index contributed by atoms with van der Waals surface area (Å²) in [5.41, 5.74) is 7.72. The van der Waals surface area contributed by atoms with Crippen LogP contribution >= 0.6 is 15.9 Å². The maximum absolute atomic E-state index is 5.92. The zero-order valence-electron chi connectivity index (χ0n) is 10.3. The molecule has 96 valence electrons. The van der Waals surface area contributed by atoms with Crippen molar-refractivity contribution in [3.63, 3.8) is 0 Å². The van der Waals surface area contributed by atoms with Crippen LogP contribution in [0.5, 0.6) is 5.75 Å². The van der Waals surface area contributed by atoms with Crippen LogP contribution in [-0.2, 0) is 6.61 Å². The summed E-state index contributed by atoms with van der Waals surface area (Å²) < 4.78 is 11.8. The zero-order chi connectivity index (χ0) is 13.1. The number of aryl methyl sites for hydroxylation is 1. The van der Waals surface area contributed by atoms with Crippen LogP contribution in [0, 0.1) is 6.92 Å². The second-order valence-electron chi connectivity index (χ2n) is 4.19. The standard InChI is InChI=1S/C13H15BrN2O2/c1-8-5-11(18-16-8)7-17-13-4-3-10(14)6-12(13)9(2)15/h3-6,9H,7,15H2,1-2H3. The van der Waals surface area contributed by atoms with Crippen molar-refractivity contribution in [2.45, 2.75) is 26.5 Å². The Balaban J connectivity index is 2.13. The largest absolute Gasteiger partial charge is 0.485 e. The average Bonchev–Trinajstić information content (AvgIpc) is 2.73. The number of hydrogen-bond donors (Lipinski definition) is 1. The number of rotatable bonds is 4.